The van der Waals surface area contributed by atoms with Gasteiger partial charge < -0.3 is 4.42 Å². The maximum absolute atomic E-state index is 12.1. The van der Waals surface area contributed by atoms with Crippen molar-refractivity contribution >= 4 is 11.9 Å². The lowest BCUT2D eigenvalue weighted by Gasteiger charge is -2.04. The van der Waals surface area contributed by atoms with E-state index in [0.29, 0.717) is 30.1 Å². The Morgan fingerprint density at radius 2 is 2.08 bits per heavy atom. The lowest BCUT2D eigenvalue weighted by atomic mass is 10.3. The molecular formula is C14H14N8O2. The molecule has 3 aromatic rings. The van der Waals surface area contributed by atoms with Crippen molar-refractivity contribution in [3.63, 3.8) is 0 Å². The highest BCUT2D eigenvalue weighted by Gasteiger charge is 2.29. The van der Waals surface area contributed by atoms with Gasteiger partial charge in [0.25, 0.3) is 5.95 Å². The van der Waals surface area contributed by atoms with Gasteiger partial charge in [-0.3, -0.25) is 10.1 Å². The predicted octanol–water partition coefficient (Wildman–Crippen LogP) is 0.889. The Kier molecular flexibility index (Phi) is 3.69. The van der Waals surface area contributed by atoms with Gasteiger partial charge >= 0.3 is 0 Å². The van der Waals surface area contributed by atoms with Crippen LogP contribution in [-0.4, -0.2) is 40.8 Å². The maximum atomic E-state index is 12.1. The van der Waals surface area contributed by atoms with Gasteiger partial charge in [-0.2, -0.15) is 14.8 Å². The zero-order valence-corrected chi connectivity index (χ0v) is 12.7. The van der Waals surface area contributed by atoms with E-state index in [0.717, 1.165) is 12.8 Å². The molecule has 4 rings (SSSR count). The van der Waals surface area contributed by atoms with Gasteiger partial charge in [0.05, 0.1) is 0 Å². The van der Waals surface area contributed by atoms with Gasteiger partial charge in [0.2, 0.25) is 23.6 Å². The summed E-state index contributed by atoms with van der Waals surface area (Å²) in [6, 6.07) is 1.69. The molecule has 10 heteroatoms. The molecular weight excluding hydrogens is 312 g/mol. The fourth-order valence-electron chi connectivity index (χ4n) is 2.14. The average molecular weight is 326 g/mol. The SMILES string of the molecule is O=C(CCc1nnc(C2CC2)o1)Nc1ncnn1-c1ncccn1. The van der Waals surface area contributed by atoms with Crippen LogP contribution in [0.1, 0.15) is 37.0 Å². The topological polar surface area (TPSA) is 125 Å². The van der Waals surface area contributed by atoms with Crippen LogP contribution in [0.5, 0.6) is 0 Å². The number of carbonyl (C=O) groups is 1. The molecule has 0 unspecified atom stereocenters. The molecule has 1 N–H and O–H groups in total. The molecule has 1 aliphatic carbocycles. The first kappa shape index (κ1) is 14.4. The Bertz CT molecular complexity index is 839. The summed E-state index contributed by atoms with van der Waals surface area (Å²) in [5.74, 6) is 1.91. The number of nitrogens with zero attached hydrogens (tertiary/aromatic N) is 7. The predicted molar refractivity (Wildman–Crippen MR) is 80.2 cm³/mol. The number of amides is 1. The molecule has 0 atom stereocenters. The van der Waals surface area contributed by atoms with Crippen LogP contribution in [0.4, 0.5) is 5.95 Å². The van der Waals surface area contributed by atoms with Crippen LogP contribution in [0.3, 0.4) is 0 Å². The second-order valence-corrected chi connectivity index (χ2v) is 5.40. The molecule has 122 valence electrons. The Morgan fingerprint density at radius 1 is 1.25 bits per heavy atom. The van der Waals surface area contributed by atoms with Crippen LogP contribution in [0.25, 0.3) is 5.95 Å². The van der Waals surface area contributed by atoms with Gasteiger partial charge in [0.15, 0.2) is 0 Å². The van der Waals surface area contributed by atoms with E-state index in [1.807, 2.05) is 0 Å². The number of nitrogens with one attached hydrogen (secondary N) is 1. The van der Waals surface area contributed by atoms with Crippen molar-refractivity contribution < 1.29 is 9.21 Å². The highest BCUT2D eigenvalue weighted by Crippen LogP contribution is 2.39. The smallest absolute Gasteiger partial charge is 0.253 e. The first-order valence-electron chi connectivity index (χ1n) is 7.59. The van der Waals surface area contributed by atoms with E-state index in [1.165, 1.54) is 11.0 Å². The zero-order chi connectivity index (χ0) is 16.4. The summed E-state index contributed by atoms with van der Waals surface area (Å²) >= 11 is 0. The molecule has 24 heavy (non-hydrogen) atoms. The summed E-state index contributed by atoms with van der Waals surface area (Å²) < 4.78 is 6.89. The minimum absolute atomic E-state index is 0.203. The molecule has 10 nitrogen and oxygen atoms in total. The minimum atomic E-state index is -0.230. The third-order valence-electron chi connectivity index (χ3n) is 3.52. The van der Waals surface area contributed by atoms with E-state index in [-0.39, 0.29) is 18.3 Å². The van der Waals surface area contributed by atoms with E-state index in [9.17, 15) is 4.79 Å². The van der Waals surface area contributed by atoms with E-state index < -0.39 is 0 Å². The number of aromatic nitrogens is 7. The first-order chi connectivity index (χ1) is 11.8. The fourth-order valence-corrected chi connectivity index (χ4v) is 2.14. The lowest BCUT2D eigenvalue weighted by molar-refractivity contribution is -0.116. The van der Waals surface area contributed by atoms with Gasteiger partial charge in [0, 0.05) is 31.2 Å². The van der Waals surface area contributed by atoms with Crippen LogP contribution in [0.2, 0.25) is 0 Å². The second-order valence-electron chi connectivity index (χ2n) is 5.40. The molecule has 0 bridgehead atoms. The van der Waals surface area contributed by atoms with Crippen LogP contribution < -0.4 is 5.32 Å². The lowest BCUT2D eigenvalue weighted by Crippen LogP contribution is -2.17. The summed E-state index contributed by atoms with van der Waals surface area (Å²) in [4.78, 5) is 24.3. The largest absolute Gasteiger partial charge is 0.425 e. The fraction of sp³-hybridized carbons (Fsp3) is 0.357. The van der Waals surface area contributed by atoms with Gasteiger partial charge in [0.1, 0.15) is 6.33 Å². The average Bonchev–Trinajstić information content (AvgIpc) is 3.17. The second kappa shape index (κ2) is 6.14. The van der Waals surface area contributed by atoms with E-state index in [2.05, 4.69) is 35.6 Å². The molecule has 0 radical (unpaired) electrons. The number of carbonyl (C=O) groups excluding carboxylic acids is 1. The molecule has 0 saturated heterocycles. The number of anilines is 1. The Hall–Kier alpha value is -3.17. The Morgan fingerprint density at radius 3 is 2.88 bits per heavy atom. The monoisotopic (exact) mass is 326 g/mol. The molecule has 3 heterocycles. The van der Waals surface area contributed by atoms with Gasteiger partial charge in [-0.15, -0.1) is 10.2 Å². The zero-order valence-electron chi connectivity index (χ0n) is 12.7. The summed E-state index contributed by atoms with van der Waals surface area (Å²) in [6.45, 7) is 0. The van der Waals surface area contributed by atoms with Crippen molar-refractivity contribution in [2.75, 3.05) is 5.32 Å². The van der Waals surface area contributed by atoms with E-state index in [1.54, 1.807) is 18.5 Å². The van der Waals surface area contributed by atoms with Crippen molar-refractivity contribution in [1.29, 1.82) is 0 Å². The maximum Gasteiger partial charge on any atom is 0.253 e. The Balaban J connectivity index is 1.37. The van der Waals surface area contributed by atoms with Gasteiger partial charge in [-0.1, -0.05) is 0 Å². The third-order valence-corrected chi connectivity index (χ3v) is 3.52. The number of rotatable bonds is 6. The van der Waals surface area contributed by atoms with Crippen LogP contribution in [0, 0.1) is 0 Å². The third kappa shape index (κ3) is 3.12. The molecule has 3 aromatic heterocycles. The van der Waals surface area contributed by atoms with Crippen molar-refractivity contribution in [2.45, 2.75) is 31.6 Å². The highest BCUT2D eigenvalue weighted by atomic mass is 16.4. The van der Waals surface area contributed by atoms with Crippen molar-refractivity contribution in [3.8, 4) is 5.95 Å². The van der Waals surface area contributed by atoms with E-state index >= 15 is 0 Å². The molecule has 0 aromatic carbocycles. The van der Waals surface area contributed by atoms with Crippen molar-refractivity contribution in [2.24, 2.45) is 0 Å². The van der Waals surface area contributed by atoms with Crippen LogP contribution in [0.15, 0.2) is 29.2 Å². The molecule has 0 aliphatic heterocycles. The van der Waals surface area contributed by atoms with Crippen LogP contribution >= 0.6 is 0 Å². The standard InChI is InChI=1S/C14H14N8O2/c23-10(4-5-11-20-21-12(24-11)9-2-3-9)19-14-17-8-18-22(14)13-15-6-1-7-16-13/h1,6-9H,2-5H2,(H,17,18,19,23). The first-order valence-corrected chi connectivity index (χ1v) is 7.59. The minimum Gasteiger partial charge on any atom is -0.425 e. The summed E-state index contributed by atoms with van der Waals surface area (Å²) in [5.41, 5.74) is 0. The quantitative estimate of drug-likeness (QED) is 0.708. The summed E-state index contributed by atoms with van der Waals surface area (Å²) in [6.07, 6.45) is 7.27. The van der Waals surface area contributed by atoms with Crippen LogP contribution in [-0.2, 0) is 11.2 Å². The van der Waals surface area contributed by atoms with Crippen molar-refractivity contribution in [1.82, 2.24) is 34.9 Å². The summed E-state index contributed by atoms with van der Waals surface area (Å²) in [5, 5.41) is 14.7. The Labute approximate surface area is 136 Å². The molecule has 1 fully saturated rings. The highest BCUT2D eigenvalue weighted by molar-refractivity contribution is 5.89. The molecule has 1 saturated carbocycles. The number of hydrogen-bond donors (Lipinski definition) is 1. The van der Waals surface area contributed by atoms with Gasteiger partial charge in [-0.05, 0) is 18.9 Å². The van der Waals surface area contributed by atoms with Crippen molar-refractivity contribution in [3.05, 3.63) is 36.6 Å². The number of hydrogen-bond acceptors (Lipinski definition) is 8. The molecule has 1 amide bonds. The molecule has 1 aliphatic rings. The normalized spacial score (nSPS) is 13.8. The van der Waals surface area contributed by atoms with E-state index in [4.69, 9.17) is 4.42 Å². The van der Waals surface area contributed by atoms with Gasteiger partial charge in [-0.25, -0.2) is 9.97 Å². The molecule has 0 spiro atoms. The number of aryl methyl sites for hydroxylation is 1. The summed E-state index contributed by atoms with van der Waals surface area (Å²) in [7, 11) is 0.